The number of aliphatic imine (C=N–C) groups is 1. The zero-order valence-corrected chi connectivity index (χ0v) is 14.1. The van der Waals surface area contributed by atoms with Crippen molar-refractivity contribution < 1.29 is 4.79 Å². The first kappa shape index (κ1) is 17.4. The van der Waals surface area contributed by atoms with Crippen molar-refractivity contribution in [3.05, 3.63) is 16.1 Å². The smallest absolute Gasteiger partial charge is 0.243 e. The predicted octanol–water partition coefficient (Wildman–Crippen LogP) is 1.03. The molecule has 0 bridgehead atoms. The summed E-state index contributed by atoms with van der Waals surface area (Å²) in [6.45, 7) is 5.75. The van der Waals surface area contributed by atoms with Crippen LogP contribution in [0.4, 0.5) is 0 Å². The van der Waals surface area contributed by atoms with Gasteiger partial charge in [0.2, 0.25) is 5.91 Å². The Morgan fingerprint density at radius 3 is 2.76 bits per heavy atom. The quantitative estimate of drug-likeness (QED) is 0.448. The third-order valence-electron chi connectivity index (χ3n) is 2.74. The monoisotopic (exact) mass is 311 g/mol. The zero-order chi connectivity index (χ0) is 15.7. The molecular formula is C14H25N5OS. The minimum atomic E-state index is -0.00883. The molecule has 118 valence electrons. The van der Waals surface area contributed by atoms with Gasteiger partial charge in [0.1, 0.15) is 6.54 Å². The molecule has 1 aromatic heterocycles. The van der Waals surface area contributed by atoms with E-state index < -0.39 is 0 Å². The minimum absolute atomic E-state index is 0.00883. The summed E-state index contributed by atoms with van der Waals surface area (Å²) in [7, 11) is 3.46. The number of thiazole rings is 1. The van der Waals surface area contributed by atoms with E-state index in [0.29, 0.717) is 5.96 Å². The highest BCUT2D eigenvalue weighted by Gasteiger charge is 2.04. The fraction of sp³-hybridized carbons (Fsp3) is 0.643. The molecule has 1 rings (SSSR count). The van der Waals surface area contributed by atoms with Gasteiger partial charge >= 0.3 is 0 Å². The summed E-state index contributed by atoms with van der Waals surface area (Å²) >= 11 is 1.70. The van der Waals surface area contributed by atoms with Crippen LogP contribution >= 0.6 is 11.3 Å². The van der Waals surface area contributed by atoms with Gasteiger partial charge in [-0.2, -0.15) is 0 Å². The lowest BCUT2D eigenvalue weighted by molar-refractivity contribution is -0.127. The Kier molecular flexibility index (Phi) is 7.74. The molecule has 0 atom stereocenters. The van der Waals surface area contributed by atoms with Crippen LogP contribution in [0.1, 0.15) is 24.0 Å². The maximum atomic E-state index is 11.5. The second kappa shape index (κ2) is 9.33. The highest BCUT2D eigenvalue weighted by Crippen LogP contribution is 2.10. The van der Waals surface area contributed by atoms with Gasteiger partial charge in [-0.25, -0.2) is 9.98 Å². The van der Waals surface area contributed by atoms with Crippen molar-refractivity contribution in [3.8, 4) is 0 Å². The van der Waals surface area contributed by atoms with Gasteiger partial charge in [0, 0.05) is 44.7 Å². The van der Waals surface area contributed by atoms with E-state index in [0.717, 1.165) is 31.6 Å². The molecule has 0 saturated carbocycles. The second-order valence-electron chi connectivity index (χ2n) is 4.90. The first-order chi connectivity index (χ1) is 10.0. The van der Waals surface area contributed by atoms with E-state index in [1.165, 1.54) is 9.91 Å². The summed E-state index contributed by atoms with van der Waals surface area (Å²) in [6.07, 6.45) is 1.94. The van der Waals surface area contributed by atoms with Crippen molar-refractivity contribution in [1.29, 1.82) is 0 Å². The predicted molar refractivity (Wildman–Crippen MR) is 87.8 cm³/mol. The van der Waals surface area contributed by atoms with Crippen molar-refractivity contribution in [1.82, 2.24) is 20.5 Å². The lowest BCUT2D eigenvalue weighted by Gasteiger charge is -2.12. The van der Waals surface area contributed by atoms with Gasteiger partial charge in [-0.15, -0.1) is 11.3 Å². The van der Waals surface area contributed by atoms with E-state index in [-0.39, 0.29) is 12.5 Å². The topological polar surface area (TPSA) is 69.6 Å². The number of nitrogens with zero attached hydrogens (tertiary/aromatic N) is 3. The molecule has 2 N–H and O–H groups in total. The average Bonchev–Trinajstić information content (AvgIpc) is 2.85. The molecule has 0 aliphatic rings. The van der Waals surface area contributed by atoms with Crippen LogP contribution < -0.4 is 10.6 Å². The zero-order valence-electron chi connectivity index (χ0n) is 13.3. The fourth-order valence-corrected chi connectivity index (χ4v) is 2.41. The number of nitrogens with one attached hydrogen (secondary N) is 2. The molecule has 0 unspecified atom stereocenters. The molecule has 0 aromatic carbocycles. The van der Waals surface area contributed by atoms with Crippen LogP contribution in [0, 0.1) is 6.92 Å². The second-order valence-corrected chi connectivity index (χ2v) is 5.84. The Bertz CT molecular complexity index is 470. The molecule has 7 heteroatoms. The van der Waals surface area contributed by atoms with Crippen molar-refractivity contribution in [2.75, 3.05) is 33.7 Å². The Morgan fingerprint density at radius 2 is 2.19 bits per heavy atom. The fourth-order valence-electron chi connectivity index (χ4n) is 1.59. The number of carbonyl (C=O) groups is 1. The first-order valence-electron chi connectivity index (χ1n) is 7.16. The van der Waals surface area contributed by atoms with Crippen LogP contribution in [0.15, 0.2) is 10.4 Å². The number of hydrogen-bond acceptors (Lipinski definition) is 4. The molecule has 1 heterocycles. The van der Waals surface area contributed by atoms with Crippen LogP contribution in [0.5, 0.6) is 0 Å². The summed E-state index contributed by atoms with van der Waals surface area (Å²) in [5.41, 5.74) is 1.08. The lowest BCUT2D eigenvalue weighted by Crippen LogP contribution is -2.39. The number of aryl methyl sites for hydroxylation is 2. The molecule has 1 amide bonds. The number of likely N-dealkylation sites (N-methyl/N-ethyl adjacent to an activating group) is 1. The number of carbonyl (C=O) groups excluding carboxylic acids is 1. The summed E-state index contributed by atoms with van der Waals surface area (Å²) < 4.78 is 0. The van der Waals surface area contributed by atoms with Gasteiger partial charge < -0.3 is 15.5 Å². The third kappa shape index (κ3) is 7.08. The van der Waals surface area contributed by atoms with Crippen LogP contribution in [-0.4, -0.2) is 55.5 Å². The van der Waals surface area contributed by atoms with Crippen molar-refractivity contribution in [2.24, 2.45) is 4.99 Å². The summed E-state index contributed by atoms with van der Waals surface area (Å²) in [4.78, 5) is 21.8. The van der Waals surface area contributed by atoms with Crippen molar-refractivity contribution in [3.63, 3.8) is 0 Å². The van der Waals surface area contributed by atoms with E-state index >= 15 is 0 Å². The summed E-state index contributed by atoms with van der Waals surface area (Å²) in [5, 5.41) is 9.61. The molecule has 1 aromatic rings. The van der Waals surface area contributed by atoms with Gasteiger partial charge in [-0.05, 0) is 20.3 Å². The van der Waals surface area contributed by atoms with E-state index in [1.807, 2.05) is 13.8 Å². The van der Waals surface area contributed by atoms with Crippen LogP contribution in [0.2, 0.25) is 0 Å². The van der Waals surface area contributed by atoms with Crippen LogP contribution in [0.3, 0.4) is 0 Å². The van der Waals surface area contributed by atoms with E-state index in [9.17, 15) is 4.79 Å². The maximum Gasteiger partial charge on any atom is 0.243 e. The average molecular weight is 311 g/mol. The minimum Gasteiger partial charge on any atom is -0.357 e. The SMILES string of the molecule is CCNC(=NCC(=O)N(C)C)NCCCc1nc(C)cs1. The van der Waals surface area contributed by atoms with Crippen LogP contribution in [0.25, 0.3) is 0 Å². The largest absolute Gasteiger partial charge is 0.357 e. The molecular weight excluding hydrogens is 286 g/mol. The third-order valence-corrected chi connectivity index (χ3v) is 3.77. The molecule has 0 aliphatic heterocycles. The van der Waals surface area contributed by atoms with E-state index in [1.54, 1.807) is 25.4 Å². The molecule has 0 saturated heterocycles. The van der Waals surface area contributed by atoms with E-state index in [2.05, 4.69) is 26.0 Å². The van der Waals surface area contributed by atoms with Gasteiger partial charge in [-0.1, -0.05) is 0 Å². The highest BCUT2D eigenvalue weighted by atomic mass is 32.1. The van der Waals surface area contributed by atoms with Crippen LogP contribution in [-0.2, 0) is 11.2 Å². The number of aromatic nitrogens is 1. The molecule has 21 heavy (non-hydrogen) atoms. The molecule has 0 spiro atoms. The number of rotatable bonds is 7. The number of amides is 1. The Labute approximate surface area is 130 Å². The van der Waals surface area contributed by atoms with Crippen molar-refractivity contribution >= 4 is 23.2 Å². The normalized spacial score (nSPS) is 11.3. The maximum absolute atomic E-state index is 11.5. The molecule has 6 nitrogen and oxygen atoms in total. The first-order valence-corrected chi connectivity index (χ1v) is 8.04. The Balaban J connectivity index is 2.33. The molecule has 0 radical (unpaired) electrons. The highest BCUT2D eigenvalue weighted by molar-refractivity contribution is 7.09. The lowest BCUT2D eigenvalue weighted by atomic mass is 10.3. The Hall–Kier alpha value is -1.63. The van der Waals surface area contributed by atoms with Gasteiger partial charge in [-0.3, -0.25) is 4.79 Å². The van der Waals surface area contributed by atoms with E-state index in [4.69, 9.17) is 0 Å². The van der Waals surface area contributed by atoms with Gasteiger partial charge in [0.05, 0.1) is 5.01 Å². The molecule has 0 aliphatic carbocycles. The van der Waals surface area contributed by atoms with Crippen molar-refractivity contribution in [2.45, 2.75) is 26.7 Å². The van der Waals surface area contributed by atoms with Gasteiger partial charge in [0.25, 0.3) is 0 Å². The summed E-state index contributed by atoms with van der Waals surface area (Å²) in [5.74, 6) is 0.675. The number of guanidine groups is 1. The standard InChI is InChI=1S/C14H25N5OS/c1-5-15-14(17-9-13(20)19(3)4)16-8-6-7-12-18-11(2)10-21-12/h10H,5-9H2,1-4H3,(H2,15,16,17). The van der Waals surface area contributed by atoms with Gasteiger partial charge in [0.15, 0.2) is 5.96 Å². The Morgan fingerprint density at radius 1 is 1.43 bits per heavy atom. The summed E-state index contributed by atoms with van der Waals surface area (Å²) in [6, 6.07) is 0. The molecule has 0 fully saturated rings. The number of hydrogen-bond donors (Lipinski definition) is 2.